The Kier molecular flexibility index (Phi) is 6.63. The Hall–Kier alpha value is -1.55. The van der Waals surface area contributed by atoms with Crippen molar-refractivity contribution >= 4 is 60.7 Å². The van der Waals surface area contributed by atoms with E-state index in [2.05, 4.69) is 26.1 Å². The summed E-state index contributed by atoms with van der Waals surface area (Å²) in [5, 5.41) is 17.3. The maximum absolute atomic E-state index is 14.5. The first-order valence-corrected chi connectivity index (χ1v) is 14.2. The summed E-state index contributed by atoms with van der Waals surface area (Å²) in [6.07, 6.45) is 4.38. The molecule has 4 aromatic rings. The van der Waals surface area contributed by atoms with Crippen molar-refractivity contribution in [1.82, 2.24) is 10.1 Å². The van der Waals surface area contributed by atoms with Gasteiger partial charge in [0.05, 0.1) is 37.4 Å². The van der Waals surface area contributed by atoms with Gasteiger partial charge in [-0.3, -0.25) is 0 Å². The van der Waals surface area contributed by atoms with Gasteiger partial charge in [-0.25, -0.2) is 9.37 Å². The minimum Gasteiger partial charge on any atom is -0.383 e. The predicted molar refractivity (Wildman–Crippen MR) is 142 cm³/mol. The van der Waals surface area contributed by atoms with Gasteiger partial charge >= 0.3 is 0 Å². The highest BCUT2D eigenvalue weighted by atomic mass is 79.9. The highest BCUT2D eigenvalue weighted by molar-refractivity contribution is 9.10. The molecule has 2 aromatic heterocycles. The van der Waals surface area contributed by atoms with Crippen LogP contribution in [0.5, 0.6) is 0 Å². The number of halogens is 4. The summed E-state index contributed by atoms with van der Waals surface area (Å²) >= 11 is 17.4. The van der Waals surface area contributed by atoms with Crippen LogP contribution in [0, 0.1) is 5.82 Å². The van der Waals surface area contributed by atoms with E-state index in [0.717, 1.165) is 24.2 Å². The fourth-order valence-electron chi connectivity index (χ4n) is 4.83. The first-order valence-electron chi connectivity index (χ1n) is 11.9. The molecule has 0 bridgehead atoms. The third-order valence-corrected chi connectivity index (χ3v) is 9.54. The van der Waals surface area contributed by atoms with Gasteiger partial charge in [0.25, 0.3) is 0 Å². The molecule has 2 aliphatic rings. The SMILES string of the molecule is OC1(c2nc3ccc(Br)c(F)c3s2)CCC(OCc2c(-c3c(Cl)cccc3Cl)noc2C2CC2)CC1. The Morgan fingerprint density at radius 1 is 1.14 bits per heavy atom. The molecule has 2 saturated carbocycles. The van der Waals surface area contributed by atoms with E-state index >= 15 is 0 Å². The monoisotopic (exact) mass is 610 g/mol. The van der Waals surface area contributed by atoms with Crippen LogP contribution in [0.4, 0.5) is 4.39 Å². The maximum Gasteiger partial charge on any atom is 0.156 e. The fourth-order valence-corrected chi connectivity index (χ4v) is 7.02. The molecule has 0 atom stereocenters. The molecule has 0 radical (unpaired) electrons. The van der Waals surface area contributed by atoms with Gasteiger partial charge in [0.1, 0.15) is 22.1 Å². The van der Waals surface area contributed by atoms with Crippen molar-refractivity contribution in [2.24, 2.45) is 0 Å². The second-order valence-corrected chi connectivity index (χ2v) is 12.2. The summed E-state index contributed by atoms with van der Waals surface area (Å²) in [5.41, 5.74) is 1.65. The fraction of sp³-hybridized carbons (Fsp3) is 0.385. The van der Waals surface area contributed by atoms with Crippen LogP contribution in [0.25, 0.3) is 21.5 Å². The Morgan fingerprint density at radius 2 is 1.86 bits per heavy atom. The Balaban J connectivity index is 1.18. The van der Waals surface area contributed by atoms with Crippen molar-refractivity contribution in [3.8, 4) is 11.3 Å². The number of fused-ring (bicyclic) bond motifs is 1. The number of thiazole rings is 1. The minimum atomic E-state index is -1.09. The number of rotatable bonds is 6. The first kappa shape index (κ1) is 24.8. The normalized spacial score (nSPS) is 22.4. The average Bonchev–Trinajstić information content (AvgIpc) is 3.46. The molecule has 1 N–H and O–H groups in total. The van der Waals surface area contributed by atoms with Gasteiger partial charge in [-0.05, 0) is 78.7 Å². The number of benzene rings is 2. The van der Waals surface area contributed by atoms with E-state index in [1.54, 1.807) is 30.3 Å². The molecule has 0 amide bonds. The summed E-state index contributed by atoms with van der Waals surface area (Å²) in [6.45, 7) is 0.329. The first-order chi connectivity index (χ1) is 17.3. The quantitative estimate of drug-likeness (QED) is 0.237. The summed E-state index contributed by atoms with van der Waals surface area (Å²) in [7, 11) is 0. The Labute approximate surface area is 229 Å². The van der Waals surface area contributed by atoms with E-state index in [4.69, 9.17) is 32.5 Å². The van der Waals surface area contributed by atoms with E-state index in [9.17, 15) is 9.50 Å². The zero-order chi connectivity index (χ0) is 25.0. The van der Waals surface area contributed by atoms with E-state index in [0.29, 0.717) is 79.2 Å². The highest BCUT2D eigenvalue weighted by Crippen LogP contribution is 2.47. The molecule has 36 heavy (non-hydrogen) atoms. The van der Waals surface area contributed by atoms with Crippen LogP contribution < -0.4 is 0 Å². The molecule has 5 nitrogen and oxygen atoms in total. The number of ether oxygens (including phenoxy) is 1. The van der Waals surface area contributed by atoms with E-state index < -0.39 is 5.60 Å². The molecule has 0 saturated heterocycles. The molecular weight excluding hydrogens is 590 g/mol. The maximum atomic E-state index is 14.5. The second kappa shape index (κ2) is 9.64. The molecule has 0 aliphatic heterocycles. The van der Waals surface area contributed by atoms with Crippen molar-refractivity contribution in [2.45, 2.75) is 62.8 Å². The lowest BCUT2D eigenvalue weighted by atomic mass is 9.83. The topological polar surface area (TPSA) is 68.4 Å². The summed E-state index contributed by atoms with van der Waals surface area (Å²) in [5.74, 6) is 0.851. The van der Waals surface area contributed by atoms with Crippen LogP contribution in [-0.2, 0) is 16.9 Å². The number of nitrogens with zero attached hydrogens (tertiary/aromatic N) is 2. The third-order valence-electron chi connectivity index (χ3n) is 7.04. The van der Waals surface area contributed by atoms with Gasteiger partial charge in [0.2, 0.25) is 0 Å². The zero-order valence-corrected chi connectivity index (χ0v) is 23.0. The Bertz CT molecular complexity index is 1430. The Morgan fingerprint density at radius 3 is 2.56 bits per heavy atom. The lowest BCUT2D eigenvalue weighted by Gasteiger charge is -2.34. The largest absolute Gasteiger partial charge is 0.383 e. The highest BCUT2D eigenvalue weighted by Gasteiger charge is 2.39. The van der Waals surface area contributed by atoms with Gasteiger partial charge in [-0.15, -0.1) is 11.3 Å². The van der Waals surface area contributed by atoms with Crippen LogP contribution in [0.3, 0.4) is 0 Å². The van der Waals surface area contributed by atoms with E-state index in [-0.39, 0.29) is 11.9 Å². The van der Waals surface area contributed by atoms with E-state index in [1.165, 1.54) is 11.3 Å². The number of aliphatic hydroxyl groups is 1. The van der Waals surface area contributed by atoms with Crippen LogP contribution in [0.2, 0.25) is 10.0 Å². The second-order valence-electron chi connectivity index (χ2n) is 9.52. The van der Waals surface area contributed by atoms with Crippen molar-refractivity contribution < 1.29 is 18.8 Å². The molecule has 10 heteroatoms. The molecule has 2 aromatic carbocycles. The minimum absolute atomic E-state index is 0.0398. The van der Waals surface area contributed by atoms with Crippen LogP contribution >= 0.6 is 50.5 Å². The summed E-state index contributed by atoms with van der Waals surface area (Å²) in [6, 6.07) is 8.77. The van der Waals surface area contributed by atoms with Crippen LogP contribution in [-0.4, -0.2) is 21.4 Å². The number of hydrogen-bond donors (Lipinski definition) is 1. The standard InChI is InChI=1S/C26H22BrCl2FN2O3S/c27-16-6-7-19-24(21(16)30)36-25(31-19)26(33)10-8-14(9-11-26)34-12-15-22(32-35-23(15)13-4-5-13)20-17(28)2-1-3-18(20)29/h1-3,6-7,13-14,33H,4-5,8-12H2. The van der Waals surface area contributed by atoms with Gasteiger partial charge < -0.3 is 14.4 Å². The molecule has 2 fully saturated rings. The van der Waals surface area contributed by atoms with Crippen molar-refractivity contribution in [1.29, 1.82) is 0 Å². The van der Waals surface area contributed by atoms with Gasteiger partial charge in [0.15, 0.2) is 5.82 Å². The van der Waals surface area contributed by atoms with E-state index in [1.807, 2.05) is 0 Å². The van der Waals surface area contributed by atoms with Crippen LogP contribution in [0.15, 0.2) is 39.3 Å². The third kappa shape index (κ3) is 4.50. The molecule has 2 aliphatic carbocycles. The molecule has 0 spiro atoms. The summed E-state index contributed by atoms with van der Waals surface area (Å²) < 4.78 is 27.4. The lowest BCUT2D eigenvalue weighted by molar-refractivity contribution is -0.0640. The van der Waals surface area contributed by atoms with Gasteiger partial charge in [-0.2, -0.15) is 0 Å². The molecule has 6 rings (SSSR count). The summed E-state index contributed by atoms with van der Waals surface area (Å²) in [4.78, 5) is 4.54. The molecule has 2 heterocycles. The average molecular weight is 612 g/mol. The van der Waals surface area contributed by atoms with Gasteiger partial charge in [0, 0.05) is 17.0 Å². The van der Waals surface area contributed by atoms with Crippen molar-refractivity contribution in [3.05, 3.63) is 67.0 Å². The van der Waals surface area contributed by atoms with Crippen LogP contribution in [0.1, 0.15) is 60.8 Å². The van der Waals surface area contributed by atoms with Crippen molar-refractivity contribution in [2.75, 3.05) is 0 Å². The zero-order valence-electron chi connectivity index (χ0n) is 19.1. The molecular formula is C26H22BrCl2FN2O3S. The van der Waals surface area contributed by atoms with Gasteiger partial charge in [-0.1, -0.05) is 34.4 Å². The van der Waals surface area contributed by atoms with Crippen molar-refractivity contribution in [3.63, 3.8) is 0 Å². The smallest absolute Gasteiger partial charge is 0.156 e. The number of aromatic nitrogens is 2. The molecule has 0 unspecified atom stereocenters. The lowest BCUT2D eigenvalue weighted by Crippen LogP contribution is -2.34. The predicted octanol–water partition coefficient (Wildman–Crippen LogP) is 8.38. The molecule has 188 valence electrons. The number of hydrogen-bond acceptors (Lipinski definition) is 6.